The molecule has 154 valence electrons. The number of ether oxygens (including phenoxy) is 1. The van der Waals surface area contributed by atoms with Crippen molar-refractivity contribution in [1.82, 2.24) is 18.7 Å². The minimum atomic E-state index is -0.367. The van der Waals surface area contributed by atoms with Gasteiger partial charge < -0.3 is 14.2 Å². The zero-order chi connectivity index (χ0) is 20.7. The lowest BCUT2D eigenvalue weighted by Gasteiger charge is -2.33. The summed E-state index contributed by atoms with van der Waals surface area (Å²) in [6, 6.07) is 8.15. The van der Waals surface area contributed by atoms with Gasteiger partial charge in [-0.05, 0) is 31.4 Å². The van der Waals surface area contributed by atoms with Crippen LogP contribution < -0.4 is 16.1 Å². The molecule has 0 bridgehead atoms. The normalized spacial score (nSPS) is 16.4. The summed E-state index contributed by atoms with van der Waals surface area (Å²) in [5, 5.41) is 0. The molecule has 0 spiro atoms. The molecular formula is C21H27N5O3. The monoisotopic (exact) mass is 397 g/mol. The van der Waals surface area contributed by atoms with Crippen LogP contribution in [-0.4, -0.2) is 38.4 Å². The number of hydrogen-bond acceptors (Lipinski definition) is 5. The third-order valence-electron chi connectivity index (χ3n) is 5.51. The van der Waals surface area contributed by atoms with Crippen molar-refractivity contribution in [3.8, 4) is 0 Å². The van der Waals surface area contributed by atoms with E-state index < -0.39 is 0 Å². The van der Waals surface area contributed by atoms with Crippen molar-refractivity contribution < 1.29 is 4.74 Å². The number of rotatable bonds is 5. The quantitative estimate of drug-likeness (QED) is 0.616. The average molecular weight is 397 g/mol. The Morgan fingerprint density at radius 1 is 1.21 bits per heavy atom. The Morgan fingerprint density at radius 2 is 1.97 bits per heavy atom. The molecule has 1 aromatic carbocycles. The van der Waals surface area contributed by atoms with Crippen LogP contribution in [0.15, 0.2) is 33.9 Å². The molecule has 0 saturated carbocycles. The van der Waals surface area contributed by atoms with Crippen LogP contribution in [0.2, 0.25) is 0 Å². The first kappa shape index (κ1) is 19.4. The number of anilines is 2. The van der Waals surface area contributed by atoms with E-state index in [1.165, 1.54) is 9.13 Å². The maximum atomic E-state index is 13.3. The molecule has 0 fully saturated rings. The van der Waals surface area contributed by atoms with Gasteiger partial charge in [-0.1, -0.05) is 25.1 Å². The minimum absolute atomic E-state index is 0.229. The summed E-state index contributed by atoms with van der Waals surface area (Å²) in [5.41, 5.74) is 2.44. The number of para-hydroxylation sites is 1. The van der Waals surface area contributed by atoms with Crippen molar-refractivity contribution >= 4 is 22.8 Å². The summed E-state index contributed by atoms with van der Waals surface area (Å²) in [6.07, 6.45) is 0. The predicted molar refractivity (Wildman–Crippen MR) is 113 cm³/mol. The van der Waals surface area contributed by atoms with E-state index in [0.29, 0.717) is 42.8 Å². The van der Waals surface area contributed by atoms with E-state index in [4.69, 9.17) is 9.72 Å². The Balaban J connectivity index is 1.94. The highest BCUT2D eigenvalue weighted by Gasteiger charge is 2.30. The van der Waals surface area contributed by atoms with E-state index in [0.717, 1.165) is 17.8 Å². The number of fused-ring (bicyclic) bond motifs is 3. The zero-order valence-electron chi connectivity index (χ0n) is 17.4. The van der Waals surface area contributed by atoms with Crippen molar-refractivity contribution in [2.75, 3.05) is 24.7 Å². The molecular weight excluding hydrogens is 370 g/mol. The minimum Gasteiger partial charge on any atom is -0.380 e. The lowest BCUT2D eigenvalue weighted by molar-refractivity contribution is 0.137. The van der Waals surface area contributed by atoms with Gasteiger partial charge in [-0.2, -0.15) is 4.98 Å². The van der Waals surface area contributed by atoms with Gasteiger partial charge in [-0.3, -0.25) is 13.9 Å². The summed E-state index contributed by atoms with van der Waals surface area (Å²) in [7, 11) is 1.67. The highest BCUT2D eigenvalue weighted by molar-refractivity contribution is 5.77. The third-order valence-corrected chi connectivity index (χ3v) is 5.51. The van der Waals surface area contributed by atoms with Gasteiger partial charge in [0.05, 0.1) is 13.2 Å². The summed E-state index contributed by atoms with van der Waals surface area (Å²) in [5.74, 6) is 1.04. The first-order valence-corrected chi connectivity index (χ1v) is 10.0. The molecule has 29 heavy (non-hydrogen) atoms. The highest BCUT2D eigenvalue weighted by Crippen LogP contribution is 2.34. The molecule has 1 aliphatic heterocycles. The van der Waals surface area contributed by atoms with Gasteiger partial charge in [0.15, 0.2) is 11.2 Å². The number of nitrogens with zero attached hydrogens (tertiary/aromatic N) is 5. The molecule has 0 amide bonds. The fraction of sp³-hybridized carbons (Fsp3) is 0.476. The SMILES string of the molecule is CCOCCn1c(=O)c2c(nc3n2C[C@H](C)CN3c2ccccc2C)n(C)c1=O. The number of hydrogen-bond donors (Lipinski definition) is 0. The molecule has 1 aliphatic rings. The smallest absolute Gasteiger partial charge is 0.332 e. The molecule has 2 aromatic heterocycles. The molecule has 3 heterocycles. The molecule has 0 radical (unpaired) electrons. The lowest BCUT2D eigenvalue weighted by Crippen LogP contribution is -2.41. The second-order valence-corrected chi connectivity index (χ2v) is 7.69. The topological polar surface area (TPSA) is 74.3 Å². The fourth-order valence-electron chi connectivity index (χ4n) is 4.07. The molecule has 0 saturated heterocycles. The van der Waals surface area contributed by atoms with Crippen LogP contribution in [0, 0.1) is 12.8 Å². The predicted octanol–water partition coefficient (Wildman–Crippen LogP) is 2.03. The standard InChI is InChI=1S/C21H27N5O3/c1-5-29-11-10-24-19(27)17-18(23(4)21(24)28)22-20-25(12-14(2)13-26(17)20)16-9-7-6-8-15(16)3/h6-9,14H,5,10-13H2,1-4H3/t14-/m1/s1. The molecule has 8 nitrogen and oxygen atoms in total. The average Bonchev–Trinajstić information content (AvgIpc) is 3.08. The van der Waals surface area contributed by atoms with Crippen LogP contribution in [0.25, 0.3) is 11.2 Å². The Morgan fingerprint density at radius 3 is 2.69 bits per heavy atom. The molecule has 3 aromatic rings. The van der Waals surface area contributed by atoms with Crippen molar-refractivity contribution in [3.05, 3.63) is 50.7 Å². The van der Waals surface area contributed by atoms with E-state index in [1.807, 2.05) is 23.6 Å². The number of imidazole rings is 1. The van der Waals surface area contributed by atoms with E-state index in [-0.39, 0.29) is 17.8 Å². The summed E-state index contributed by atoms with van der Waals surface area (Å²) < 4.78 is 10.0. The second-order valence-electron chi connectivity index (χ2n) is 7.69. The van der Waals surface area contributed by atoms with Crippen LogP contribution in [-0.2, 0) is 24.9 Å². The maximum absolute atomic E-state index is 13.3. The van der Waals surface area contributed by atoms with Crippen molar-refractivity contribution in [1.29, 1.82) is 0 Å². The van der Waals surface area contributed by atoms with Gasteiger partial charge in [-0.25, -0.2) is 4.79 Å². The second kappa shape index (κ2) is 7.51. The third kappa shape index (κ3) is 3.17. The molecule has 0 aliphatic carbocycles. The van der Waals surface area contributed by atoms with Gasteiger partial charge in [0.25, 0.3) is 5.56 Å². The highest BCUT2D eigenvalue weighted by atomic mass is 16.5. The number of aryl methyl sites for hydroxylation is 2. The van der Waals surface area contributed by atoms with Gasteiger partial charge in [-0.15, -0.1) is 0 Å². The van der Waals surface area contributed by atoms with Crippen molar-refractivity contribution in [2.45, 2.75) is 33.9 Å². The molecule has 0 unspecified atom stereocenters. The van der Waals surface area contributed by atoms with Crippen LogP contribution >= 0.6 is 0 Å². The Hall–Kier alpha value is -2.87. The summed E-state index contributed by atoms with van der Waals surface area (Å²) in [6.45, 7) is 8.71. The van der Waals surface area contributed by atoms with E-state index in [2.05, 4.69) is 30.9 Å². The van der Waals surface area contributed by atoms with Gasteiger partial charge >= 0.3 is 5.69 Å². The van der Waals surface area contributed by atoms with Crippen molar-refractivity contribution in [2.24, 2.45) is 13.0 Å². The van der Waals surface area contributed by atoms with E-state index >= 15 is 0 Å². The van der Waals surface area contributed by atoms with Crippen LogP contribution in [0.3, 0.4) is 0 Å². The fourth-order valence-corrected chi connectivity index (χ4v) is 4.07. The van der Waals surface area contributed by atoms with Gasteiger partial charge in [0.1, 0.15) is 0 Å². The van der Waals surface area contributed by atoms with E-state index in [1.54, 1.807) is 7.05 Å². The molecule has 0 N–H and O–H groups in total. The number of benzene rings is 1. The van der Waals surface area contributed by atoms with Crippen LogP contribution in [0.1, 0.15) is 19.4 Å². The van der Waals surface area contributed by atoms with Gasteiger partial charge in [0, 0.05) is 32.4 Å². The first-order chi connectivity index (χ1) is 13.9. The molecule has 8 heteroatoms. The van der Waals surface area contributed by atoms with Crippen LogP contribution in [0.5, 0.6) is 0 Å². The lowest BCUT2D eigenvalue weighted by atomic mass is 10.1. The van der Waals surface area contributed by atoms with Crippen LogP contribution in [0.4, 0.5) is 11.6 Å². The molecule has 1 atom stereocenters. The Kier molecular flexibility index (Phi) is 5.04. The van der Waals surface area contributed by atoms with Gasteiger partial charge in [0.2, 0.25) is 5.95 Å². The molecule has 4 rings (SSSR count). The summed E-state index contributed by atoms with van der Waals surface area (Å²) >= 11 is 0. The Bertz CT molecular complexity index is 1170. The maximum Gasteiger partial charge on any atom is 0.332 e. The first-order valence-electron chi connectivity index (χ1n) is 10.0. The largest absolute Gasteiger partial charge is 0.380 e. The Labute approximate surface area is 169 Å². The van der Waals surface area contributed by atoms with Crippen molar-refractivity contribution in [3.63, 3.8) is 0 Å². The zero-order valence-corrected chi connectivity index (χ0v) is 17.4. The summed E-state index contributed by atoms with van der Waals surface area (Å²) in [4.78, 5) is 33.0. The van der Waals surface area contributed by atoms with E-state index in [9.17, 15) is 9.59 Å². The number of aromatic nitrogens is 4.